The number of hydrogen-bond donors (Lipinski definition) is 0. The third kappa shape index (κ3) is 4.14. The van der Waals surface area contributed by atoms with Gasteiger partial charge >= 0.3 is 0 Å². The molecule has 0 fully saturated rings. The molecule has 0 bridgehead atoms. The molecule has 1 aliphatic rings. The lowest BCUT2D eigenvalue weighted by Crippen LogP contribution is -2.17. The molecule has 8 heteroatoms. The van der Waals surface area contributed by atoms with Crippen LogP contribution in [0.5, 0.6) is 0 Å². The number of fused-ring (bicyclic) bond motifs is 3. The van der Waals surface area contributed by atoms with Crippen molar-refractivity contribution in [2.75, 3.05) is 5.75 Å². The van der Waals surface area contributed by atoms with Gasteiger partial charge in [-0.25, -0.2) is 12.8 Å². The molecule has 1 aromatic heterocycles. The fourth-order valence-corrected chi connectivity index (χ4v) is 5.10. The predicted molar refractivity (Wildman–Crippen MR) is 126 cm³/mol. The normalized spacial score (nSPS) is 15.5. The summed E-state index contributed by atoms with van der Waals surface area (Å²) in [7, 11) is -1.65. The Labute approximate surface area is 191 Å². The van der Waals surface area contributed by atoms with E-state index in [1.807, 2.05) is 6.92 Å². The maximum atomic E-state index is 13.6. The first-order valence-electron chi connectivity index (χ1n) is 10.2. The van der Waals surface area contributed by atoms with Gasteiger partial charge in [-0.1, -0.05) is 18.5 Å². The van der Waals surface area contributed by atoms with E-state index in [9.17, 15) is 17.6 Å². The van der Waals surface area contributed by atoms with Crippen molar-refractivity contribution in [3.8, 4) is 11.1 Å². The Hall–Kier alpha value is -2.77. The molecule has 1 atom stereocenters. The molecule has 0 aliphatic carbocycles. The number of benzene rings is 2. The molecule has 0 amide bonds. The zero-order valence-corrected chi connectivity index (χ0v) is 19.5. The lowest BCUT2D eigenvalue weighted by atomic mass is 9.91. The molecule has 166 valence electrons. The Morgan fingerprint density at radius 3 is 2.44 bits per heavy atom. The van der Waals surface area contributed by atoms with Gasteiger partial charge in [0.1, 0.15) is 5.82 Å². The van der Waals surface area contributed by atoms with E-state index in [1.54, 1.807) is 50.5 Å². The van der Waals surface area contributed by atoms with E-state index in [-0.39, 0.29) is 28.9 Å². The van der Waals surface area contributed by atoms with Gasteiger partial charge in [-0.3, -0.25) is 9.79 Å². The van der Waals surface area contributed by atoms with Gasteiger partial charge in [-0.05, 0) is 60.0 Å². The predicted octanol–water partition coefficient (Wildman–Crippen LogP) is 4.69. The van der Waals surface area contributed by atoms with Crippen molar-refractivity contribution in [2.45, 2.75) is 25.6 Å². The highest BCUT2D eigenvalue weighted by atomic mass is 35.5. The van der Waals surface area contributed by atoms with Crippen LogP contribution in [0.2, 0.25) is 5.02 Å². The maximum absolute atomic E-state index is 13.6. The minimum Gasteiger partial charge on any atom is -0.318 e. The number of nitrogens with zero attached hydrogens (tertiary/aromatic N) is 2. The second-order valence-corrected chi connectivity index (χ2v) is 10.7. The van der Waals surface area contributed by atoms with Crippen LogP contribution in [0.15, 0.2) is 58.4 Å². The Balaban J connectivity index is 2.04. The maximum Gasteiger partial charge on any atom is 0.250 e. The first-order valence-corrected chi connectivity index (χ1v) is 12.4. The smallest absolute Gasteiger partial charge is 0.250 e. The molecule has 0 N–H and O–H groups in total. The van der Waals surface area contributed by atoms with Gasteiger partial charge in [0.05, 0.1) is 17.5 Å². The minimum absolute atomic E-state index is 0.00479. The van der Waals surface area contributed by atoms with Crippen molar-refractivity contribution in [3.05, 3.63) is 92.1 Å². The molecule has 5 nitrogen and oxygen atoms in total. The number of aliphatic imine (C=N–C) groups is 1. The van der Waals surface area contributed by atoms with Crippen molar-refractivity contribution < 1.29 is 12.8 Å². The van der Waals surface area contributed by atoms with Crippen LogP contribution in [0.4, 0.5) is 4.39 Å². The highest BCUT2D eigenvalue weighted by Crippen LogP contribution is 2.39. The second-order valence-electron chi connectivity index (χ2n) is 7.92. The number of sulfone groups is 1. The first kappa shape index (κ1) is 22.4. The highest BCUT2D eigenvalue weighted by molar-refractivity contribution is 7.90. The average molecular weight is 473 g/mol. The molecule has 3 aromatic rings. The third-order valence-electron chi connectivity index (χ3n) is 5.70. The summed E-state index contributed by atoms with van der Waals surface area (Å²) in [6, 6.07) is 10.7. The standard InChI is InChI=1S/C24H22ClFN2O3S/c1-4-32(30,31)13-16-9-19-20(10-22(16)25)24(15-5-7-17(26)8-6-15)27-14(2)18-11-23(29)28(3)12-21(18)19/h5-12,14H,4,13H2,1-3H3/t14-/m0/s1. The number of aryl methyl sites for hydroxylation is 1. The second kappa shape index (κ2) is 8.30. The molecule has 2 aromatic carbocycles. The summed E-state index contributed by atoms with van der Waals surface area (Å²) in [5, 5.41) is 0.316. The van der Waals surface area contributed by atoms with Gasteiger partial charge in [0.2, 0.25) is 0 Å². The van der Waals surface area contributed by atoms with Crippen LogP contribution in [0.25, 0.3) is 11.1 Å². The molecule has 0 radical (unpaired) electrons. The lowest BCUT2D eigenvalue weighted by Gasteiger charge is -2.16. The Morgan fingerprint density at radius 1 is 1.09 bits per heavy atom. The number of halogens is 2. The summed E-state index contributed by atoms with van der Waals surface area (Å²) in [6.07, 6.45) is 1.74. The molecule has 0 spiro atoms. The van der Waals surface area contributed by atoms with Crippen LogP contribution in [0.1, 0.15) is 42.1 Å². The van der Waals surface area contributed by atoms with Crippen molar-refractivity contribution in [2.24, 2.45) is 12.0 Å². The monoisotopic (exact) mass is 472 g/mol. The van der Waals surface area contributed by atoms with Gasteiger partial charge < -0.3 is 4.57 Å². The molecule has 0 saturated heterocycles. The quantitative estimate of drug-likeness (QED) is 0.553. The molecule has 32 heavy (non-hydrogen) atoms. The minimum atomic E-state index is -3.32. The van der Waals surface area contributed by atoms with Gasteiger partial charge in [-0.15, -0.1) is 0 Å². The van der Waals surface area contributed by atoms with Crippen LogP contribution >= 0.6 is 11.6 Å². The fraction of sp³-hybridized carbons (Fsp3) is 0.250. The van der Waals surface area contributed by atoms with Crippen molar-refractivity contribution in [3.63, 3.8) is 0 Å². The van der Waals surface area contributed by atoms with Crippen LogP contribution in [0, 0.1) is 5.82 Å². The highest BCUT2D eigenvalue weighted by Gasteiger charge is 2.26. The topological polar surface area (TPSA) is 68.5 Å². The van der Waals surface area contributed by atoms with Crippen LogP contribution in [-0.4, -0.2) is 24.4 Å². The van der Waals surface area contributed by atoms with E-state index < -0.39 is 9.84 Å². The van der Waals surface area contributed by atoms with Crippen molar-refractivity contribution in [1.82, 2.24) is 4.57 Å². The van der Waals surface area contributed by atoms with E-state index >= 15 is 0 Å². The fourth-order valence-electron chi connectivity index (χ4n) is 3.87. The number of pyridine rings is 1. The van der Waals surface area contributed by atoms with E-state index in [4.69, 9.17) is 16.6 Å². The molecule has 2 heterocycles. The molecular weight excluding hydrogens is 451 g/mol. The summed E-state index contributed by atoms with van der Waals surface area (Å²) < 4.78 is 39.7. The average Bonchev–Trinajstić information content (AvgIpc) is 2.85. The zero-order chi connectivity index (χ0) is 23.2. The molecule has 0 saturated carbocycles. The van der Waals surface area contributed by atoms with Crippen molar-refractivity contribution in [1.29, 1.82) is 0 Å². The lowest BCUT2D eigenvalue weighted by molar-refractivity contribution is 0.596. The summed E-state index contributed by atoms with van der Waals surface area (Å²) in [5.74, 6) is -0.541. The van der Waals surface area contributed by atoms with Gasteiger partial charge in [0.15, 0.2) is 9.84 Å². The van der Waals surface area contributed by atoms with Crippen molar-refractivity contribution >= 4 is 27.1 Å². The molecule has 1 aliphatic heterocycles. The van der Waals surface area contributed by atoms with Gasteiger partial charge in [-0.2, -0.15) is 0 Å². The van der Waals surface area contributed by atoms with E-state index in [1.165, 1.54) is 16.7 Å². The molecular formula is C24H22ClFN2O3S. The van der Waals surface area contributed by atoms with E-state index in [0.717, 1.165) is 16.7 Å². The van der Waals surface area contributed by atoms with Crippen LogP contribution in [0.3, 0.4) is 0 Å². The summed E-state index contributed by atoms with van der Waals surface area (Å²) >= 11 is 6.54. The van der Waals surface area contributed by atoms with E-state index in [0.29, 0.717) is 27.4 Å². The largest absolute Gasteiger partial charge is 0.318 e. The van der Waals surface area contributed by atoms with Crippen LogP contribution in [-0.2, 0) is 22.6 Å². The van der Waals surface area contributed by atoms with Gasteiger partial charge in [0.25, 0.3) is 5.56 Å². The number of hydrogen-bond acceptors (Lipinski definition) is 4. The Bertz CT molecular complexity index is 1410. The number of rotatable bonds is 4. The first-order chi connectivity index (χ1) is 15.1. The van der Waals surface area contributed by atoms with Gasteiger partial charge in [0, 0.05) is 46.8 Å². The van der Waals surface area contributed by atoms with E-state index in [2.05, 4.69) is 0 Å². The molecule has 4 rings (SSSR count). The number of aromatic nitrogens is 1. The van der Waals surface area contributed by atoms with Crippen LogP contribution < -0.4 is 5.56 Å². The third-order valence-corrected chi connectivity index (χ3v) is 7.68. The zero-order valence-electron chi connectivity index (χ0n) is 17.9. The summed E-state index contributed by atoms with van der Waals surface area (Å²) in [4.78, 5) is 17.2. The molecule has 0 unspecified atom stereocenters. The summed E-state index contributed by atoms with van der Waals surface area (Å²) in [6.45, 7) is 3.48. The Kier molecular flexibility index (Phi) is 5.81. The Morgan fingerprint density at radius 2 is 1.78 bits per heavy atom. The summed E-state index contributed by atoms with van der Waals surface area (Å²) in [5.41, 5.74) is 4.56. The SMILES string of the molecule is CCS(=O)(=O)Cc1cc2c(cc1Cl)C(c1ccc(F)cc1)=N[C@@H](C)c1cc(=O)n(C)cc1-2.